The first kappa shape index (κ1) is 11.0. The summed E-state index contributed by atoms with van der Waals surface area (Å²) >= 11 is 1.67. The van der Waals surface area contributed by atoms with Crippen LogP contribution in [-0.4, -0.2) is 4.98 Å². The first-order valence-corrected chi connectivity index (χ1v) is 5.93. The lowest BCUT2D eigenvalue weighted by Gasteiger charge is -2.05. The van der Waals surface area contributed by atoms with E-state index >= 15 is 0 Å². The number of aryl methyl sites for hydroxylation is 2. The fraction of sp³-hybridized carbons (Fsp3) is 0.154. The molecule has 2 rings (SSSR count). The summed E-state index contributed by atoms with van der Waals surface area (Å²) in [4.78, 5) is 5.55. The molecular formula is C13H14N2S. The molecule has 2 aromatic rings. The highest BCUT2D eigenvalue weighted by Crippen LogP contribution is 2.29. The van der Waals surface area contributed by atoms with E-state index in [1.54, 1.807) is 18.0 Å². The Kier molecular flexibility index (Phi) is 3.15. The zero-order valence-electron chi connectivity index (χ0n) is 9.40. The molecule has 82 valence electrons. The molecule has 1 aromatic carbocycles. The summed E-state index contributed by atoms with van der Waals surface area (Å²) in [6.45, 7) is 4.12. The summed E-state index contributed by atoms with van der Waals surface area (Å²) < 4.78 is 0. The van der Waals surface area contributed by atoms with Gasteiger partial charge in [-0.15, -0.1) is 0 Å². The molecule has 0 fully saturated rings. The summed E-state index contributed by atoms with van der Waals surface area (Å²) in [6, 6.07) is 10.3. The van der Waals surface area contributed by atoms with Gasteiger partial charge >= 0.3 is 0 Å². The largest absolute Gasteiger partial charge is 0.397 e. The number of aromatic nitrogens is 1. The monoisotopic (exact) mass is 230 g/mol. The van der Waals surface area contributed by atoms with Crippen LogP contribution in [0.3, 0.4) is 0 Å². The molecule has 0 bridgehead atoms. The highest BCUT2D eigenvalue weighted by atomic mass is 32.2. The third-order valence-corrected chi connectivity index (χ3v) is 3.37. The maximum absolute atomic E-state index is 5.67. The molecule has 1 aromatic heterocycles. The van der Waals surface area contributed by atoms with E-state index in [4.69, 9.17) is 5.73 Å². The van der Waals surface area contributed by atoms with Crippen molar-refractivity contribution in [2.24, 2.45) is 0 Å². The minimum Gasteiger partial charge on any atom is -0.397 e. The van der Waals surface area contributed by atoms with Crippen molar-refractivity contribution in [2.45, 2.75) is 23.8 Å². The molecule has 0 aliphatic rings. The molecule has 16 heavy (non-hydrogen) atoms. The number of anilines is 1. The van der Waals surface area contributed by atoms with Crippen LogP contribution < -0.4 is 5.73 Å². The van der Waals surface area contributed by atoms with Gasteiger partial charge in [-0.1, -0.05) is 29.5 Å². The van der Waals surface area contributed by atoms with Crippen molar-refractivity contribution in [3.8, 4) is 0 Å². The van der Waals surface area contributed by atoms with E-state index in [1.807, 2.05) is 13.0 Å². The Bertz CT molecular complexity index is 509. The average molecular weight is 230 g/mol. The second kappa shape index (κ2) is 4.58. The molecule has 1 heterocycles. The van der Waals surface area contributed by atoms with Crippen LogP contribution in [-0.2, 0) is 0 Å². The topological polar surface area (TPSA) is 38.9 Å². The zero-order chi connectivity index (χ0) is 11.5. The van der Waals surface area contributed by atoms with E-state index in [0.29, 0.717) is 5.69 Å². The highest BCUT2D eigenvalue weighted by Gasteiger charge is 2.03. The molecule has 0 aliphatic heterocycles. The van der Waals surface area contributed by atoms with Crippen molar-refractivity contribution >= 4 is 17.4 Å². The van der Waals surface area contributed by atoms with E-state index in [9.17, 15) is 0 Å². The molecule has 0 saturated carbocycles. The van der Waals surface area contributed by atoms with E-state index in [0.717, 1.165) is 10.6 Å². The minimum atomic E-state index is 0.714. The third kappa shape index (κ3) is 2.55. The van der Waals surface area contributed by atoms with Gasteiger partial charge < -0.3 is 5.73 Å². The smallest absolute Gasteiger partial charge is 0.104 e. The lowest BCUT2D eigenvalue weighted by Crippen LogP contribution is -1.91. The van der Waals surface area contributed by atoms with Crippen molar-refractivity contribution < 1.29 is 0 Å². The van der Waals surface area contributed by atoms with Crippen LogP contribution in [0.2, 0.25) is 0 Å². The summed E-state index contributed by atoms with van der Waals surface area (Å²) in [7, 11) is 0. The van der Waals surface area contributed by atoms with Crippen LogP contribution in [0.1, 0.15) is 11.1 Å². The lowest BCUT2D eigenvalue weighted by molar-refractivity contribution is 1.08. The Morgan fingerprint density at radius 1 is 1.19 bits per heavy atom. The van der Waals surface area contributed by atoms with Gasteiger partial charge in [-0.3, -0.25) is 0 Å². The van der Waals surface area contributed by atoms with E-state index in [2.05, 4.69) is 36.2 Å². The van der Waals surface area contributed by atoms with Gasteiger partial charge in [0.15, 0.2) is 0 Å². The van der Waals surface area contributed by atoms with Gasteiger partial charge in [-0.25, -0.2) is 4.98 Å². The van der Waals surface area contributed by atoms with Crippen LogP contribution in [0.25, 0.3) is 0 Å². The van der Waals surface area contributed by atoms with Gasteiger partial charge in [-0.05, 0) is 37.6 Å². The van der Waals surface area contributed by atoms with Gasteiger partial charge in [0, 0.05) is 4.90 Å². The predicted octanol–water partition coefficient (Wildman–Crippen LogP) is 3.43. The number of pyridine rings is 1. The molecule has 0 unspecified atom stereocenters. The fourth-order valence-corrected chi connectivity index (χ4v) is 2.42. The first-order chi connectivity index (χ1) is 7.65. The maximum Gasteiger partial charge on any atom is 0.104 e. The van der Waals surface area contributed by atoms with Crippen LogP contribution >= 0.6 is 11.8 Å². The first-order valence-electron chi connectivity index (χ1n) is 5.12. The van der Waals surface area contributed by atoms with Gasteiger partial charge in [0.2, 0.25) is 0 Å². The van der Waals surface area contributed by atoms with Crippen molar-refractivity contribution in [1.29, 1.82) is 0 Å². The van der Waals surface area contributed by atoms with Crippen molar-refractivity contribution in [3.63, 3.8) is 0 Å². The quantitative estimate of drug-likeness (QED) is 0.859. The number of hydrogen-bond acceptors (Lipinski definition) is 3. The Hall–Kier alpha value is -1.48. The summed E-state index contributed by atoms with van der Waals surface area (Å²) in [5.41, 5.74) is 8.77. The predicted molar refractivity (Wildman–Crippen MR) is 68.7 cm³/mol. The maximum atomic E-state index is 5.67. The molecule has 2 nitrogen and oxygen atoms in total. The standard InChI is InChI=1S/C13H14N2S/c1-9-4-3-5-12(6-9)16-13-10(2)7-11(14)8-15-13/h3-8H,14H2,1-2H3. The Morgan fingerprint density at radius 3 is 2.69 bits per heavy atom. The van der Waals surface area contributed by atoms with Gasteiger partial charge in [0.1, 0.15) is 5.03 Å². The third-order valence-electron chi connectivity index (χ3n) is 2.26. The number of benzene rings is 1. The average Bonchev–Trinajstić information content (AvgIpc) is 2.22. The van der Waals surface area contributed by atoms with Gasteiger partial charge in [0.05, 0.1) is 11.9 Å². The number of rotatable bonds is 2. The molecular weight excluding hydrogens is 216 g/mol. The number of nitrogens with zero attached hydrogens (tertiary/aromatic N) is 1. The Labute approximate surface area is 99.9 Å². The molecule has 0 saturated heterocycles. The SMILES string of the molecule is Cc1cccc(Sc2ncc(N)cc2C)c1. The van der Waals surface area contributed by atoms with Gasteiger partial charge in [-0.2, -0.15) is 0 Å². The van der Waals surface area contributed by atoms with E-state index < -0.39 is 0 Å². The minimum absolute atomic E-state index is 0.714. The van der Waals surface area contributed by atoms with Crippen LogP contribution in [0.15, 0.2) is 46.5 Å². The second-order valence-corrected chi connectivity index (χ2v) is 4.87. The van der Waals surface area contributed by atoms with Crippen molar-refractivity contribution in [1.82, 2.24) is 4.98 Å². The van der Waals surface area contributed by atoms with Crippen molar-refractivity contribution in [2.75, 3.05) is 5.73 Å². The summed E-state index contributed by atoms with van der Waals surface area (Å²) in [5, 5.41) is 1.01. The fourth-order valence-electron chi connectivity index (χ4n) is 1.48. The summed E-state index contributed by atoms with van der Waals surface area (Å²) in [5.74, 6) is 0. The molecule has 3 heteroatoms. The van der Waals surface area contributed by atoms with E-state index in [1.165, 1.54) is 10.5 Å². The number of nitrogen functional groups attached to an aromatic ring is 1. The molecule has 0 radical (unpaired) electrons. The molecule has 0 aliphatic carbocycles. The number of hydrogen-bond donors (Lipinski definition) is 1. The number of nitrogens with two attached hydrogens (primary N) is 1. The summed E-state index contributed by atoms with van der Waals surface area (Å²) in [6.07, 6.45) is 1.70. The molecule has 0 spiro atoms. The Balaban J connectivity index is 2.27. The van der Waals surface area contributed by atoms with Crippen molar-refractivity contribution in [3.05, 3.63) is 47.7 Å². The zero-order valence-corrected chi connectivity index (χ0v) is 10.2. The van der Waals surface area contributed by atoms with E-state index in [-0.39, 0.29) is 0 Å². The van der Waals surface area contributed by atoms with Crippen LogP contribution in [0, 0.1) is 13.8 Å². The Morgan fingerprint density at radius 2 is 2.00 bits per heavy atom. The molecule has 0 amide bonds. The second-order valence-electron chi connectivity index (χ2n) is 3.81. The van der Waals surface area contributed by atoms with Gasteiger partial charge in [0.25, 0.3) is 0 Å². The lowest BCUT2D eigenvalue weighted by atomic mass is 10.2. The highest BCUT2D eigenvalue weighted by molar-refractivity contribution is 7.99. The van der Waals surface area contributed by atoms with Crippen LogP contribution in [0.4, 0.5) is 5.69 Å². The molecule has 2 N–H and O–H groups in total. The normalized spacial score (nSPS) is 10.4. The molecule has 0 atom stereocenters. The van der Waals surface area contributed by atoms with Crippen LogP contribution in [0.5, 0.6) is 0 Å².